The normalized spacial score (nSPS) is 11.7. The van der Waals surface area contributed by atoms with E-state index in [0.717, 1.165) is 10.4 Å². The number of thiophene rings is 1. The Morgan fingerprint density at radius 3 is 2.35 bits per heavy atom. The molecule has 1 aromatic heterocycles. The van der Waals surface area contributed by atoms with Crippen LogP contribution in [0.15, 0.2) is 47.6 Å². The first-order chi connectivity index (χ1) is 17.6. The summed E-state index contributed by atoms with van der Waals surface area (Å²) in [5.41, 5.74) is 4.34. The number of nitrogens with one attached hydrogen (secondary N) is 2. The second-order valence-electron chi connectivity index (χ2n) is 7.82. The first-order valence-electron chi connectivity index (χ1n) is 11.2. The van der Waals surface area contributed by atoms with Crippen LogP contribution >= 0.6 is 34.5 Å². The highest BCUT2D eigenvalue weighted by molar-refractivity contribution is 7.16. The molecule has 0 aliphatic heterocycles. The lowest BCUT2D eigenvalue weighted by Gasteiger charge is -2.13. The Kier molecular flexibility index (Phi) is 9.68. The van der Waals surface area contributed by atoms with Gasteiger partial charge in [0.2, 0.25) is 0 Å². The van der Waals surface area contributed by atoms with E-state index < -0.39 is 23.9 Å². The molecule has 0 radical (unpaired) electrons. The summed E-state index contributed by atoms with van der Waals surface area (Å²) >= 11 is 13.5. The first kappa shape index (κ1) is 28.2. The molecule has 0 saturated carbocycles. The van der Waals surface area contributed by atoms with Crippen molar-refractivity contribution in [1.29, 1.82) is 0 Å². The third-order valence-electron chi connectivity index (χ3n) is 5.26. The summed E-state index contributed by atoms with van der Waals surface area (Å²) in [4.78, 5) is 38.4. The summed E-state index contributed by atoms with van der Waals surface area (Å²) in [7, 11) is 0. The highest BCUT2D eigenvalue weighted by Crippen LogP contribution is 2.33. The summed E-state index contributed by atoms with van der Waals surface area (Å²) < 4.78 is 10.8. The van der Waals surface area contributed by atoms with Crippen molar-refractivity contribution in [2.75, 3.05) is 11.9 Å². The van der Waals surface area contributed by atoms with E-state index >= 15 is 0 Å². The fraction of sp³-hybridized carbons (Fsp3) is 0.231. The Hall–Kier alpha value is -3.40. The third kappa shape index (κ3) is 7.09. The van der Waals surface area contributed by atoms with E-state index in [1.165, 1.54) is 17.6 Å². The van der Waals surface area contributed by atoms with Gasteiger partial charge in [-0.15, -0.1) is 11.3 Å². The van der Waals surface area contributed by atoms with Crippen LogP contribution in [0.3, 0.4) is 0 Å². The number of hydrogen-bond acceptors (Lipinski definition) is 7. The zero-order chi connectivity index (χ0) is 27.1. The van der Waals surface area contributed by atoms with Crippen molar-refractivity contribution in [1.82, 2.24) is 5.43 Å². The molecule has 1 heterocycles. The Morgan fingerprint density at radius 1 is 1.08 bits per heavy atom. The topological polar surface area (TPSA) is 106 Å². The van der Waals surface area contributed by atoms with E-state index in [1.807, 2.05) is 13.8 Å². The number of benzene rings is 2. The molecular formula is C26H25Cl2N3O5S. The fourth-order valence-corrected chi connectivity index (χ4v) is 4.71. The molecule has 0 spiro atoms. The second-order valence-corrected chi connectivity index (χ2v) is 9.86. The lowest BCUT2D eigenvalue weighted by atomic mass is 10.1. The molecule has 2 N–H and O–H groups in total. The van der Waals surface area contributed by atoms with Gasteiger partial charge >= 0.3 is 5.97 Å². The van der Waals surface area contributed by atoms with Crippen LogP contribution in [0.25, 0.3) is 0 Å². The number of aryl methyl sites for hydroxylation is 1. The van der Waals surface area contributed by atoms with E-state index in [4.69, 9.17) is 32.7 Å². The number of anilines is 1. The van der Waals surface area contributed by atoms with Gasteiger partial charge in [0, 0.05) is 16.0 Å². The highest BCUT2D eigenvalue weighted by atomic mass is 35.5. The van der Waals surface area contributed by atoms with Crippen LogP contribution < -0.4 is 15.5 Å². The second kappa shape index (κ2) is 12.7. The number of amides is 2. The largest absolute Gasteiger partial charge is 0.481 e. The number of hydrazone groups is 1. The summed E-state index contributed by atoms with van der Waals surface area (Å²) in [6.07, 6.45) is 0.481. The van der Waals surface area contributed by atoms with Gasteiger partial charge in [-0.05, 0) is 69.7 Å². The van der Waals surface area contributed by atoms with Crippen molar-refractivity contribution in [3.8, 4) is 5.75 Å². The molecule has 0 bridgehead atoms. The number of nitrogens with zero attached hydrogens (tertiary/aromatic N) is 1. The number of ether oxygens (including phenoxy) is 2. The van der Waals surface area contributed by atoms with Crippen LogP contribution in [0.2, 0.25) is 10.0 Å². The minimum absolute atomic E-state index is 0.237. The van der Waals surface area contributed by atoms with Gasteiger partial charge in [-0.1, -0.05) is 29.3 Å². The third-order valence-corrected chi connectivity index (χ3v) is 7.04. The zero-order valence-corrected chi connectivity index (χ0v) is 22.9. The molecule has 0 saturated heterocycles. The smallest absolute Gasteiger partial charge is 0.341 e. The maximum absolute atomic E-state index is 12.8. The van der Waals surface area contributed by atoms with Crippen molar-refractivity contribution >= 4 is 63.5 Å². The Labute approximate surface area is 228 Å². The van der Waals surface area contributed by atoms with Crippen molar-refractivity contribution in [2.45, 2.75) is 33.8 Å². The predicted octanol–water partition coefficient (Wildman–Crippen LogP) is 6.02. The number of halogens is 2. The molecule has 3 rings (SSSR count). The Bertz CT molecular complexity index is 1320. The summed E-state index contributed by atoms with van der Waals surface area (Å²) in [5, 5.41) is 7.91. The van der Waals surface area contributed by atoms with E-state index in [2.05, 4.69) is 15.8 Å². The van der Waals surface area contributed by atoms with Gasteiger partial charge in [0.05, 0.1) is 28.4 Å². The number of esters is 1. The van der Waals surface area contributed by atoms with Gasteiger partial charge in [-0.3, -0.25) is 9.59 Å². The van der Waals surface area contributed by atoms with Crippen molar-refractivity contribution in [2.24, 2.45) is 5.10 Å². The van der Waals surface area contributed by atoms with Gasteiger partial charge < -0.3 is 14.8 Å². The number of hydrogen-bond donors (Lipinski definition) is 2. The van der Waals surface area contributed by atoms with Crippen LogP contribution in [0.4, 0.5) is 5.00 Å². The zero-order valence-electron chi connectivity index (χ0n) is 20.6. The van der Waals surface area contributed by atoms with Crippen LogP contribution in [-0.4, -0.2) is 36.7 Å². The van der Waals surface area contributed by atoms with E-state index in [-0.39, 0.29) is 6.61 Å². The quantitative estimate of drug-likeness (QED) is 0.189. The molecule has 194 valence electrons. The van der Waals surface area contributed by atoms with Crippen LogP contribution in [0.1, 0.15) is 50.6 Å². The maximum Gasteiger partial charge on any atom is 0.341 e. The van der Waals surface area contributed by atoms with Gasteiger partial charge in [-0.2, -0.15) is 5.10 Å². The molecular weight excluding hydrogens is 537 g/mol. The van der Waals surface area contributed by atoms with Gasteiger partial charge in [-0.25, -0.2) is 10.2 Å². The first-order valence-corrected chi connectivity index (χ1v) is 12.8. The lowest BCUT2D eigenvalue weighted by molar-refractivity contribution is -0.127. The van der Waals surface area contributed by atoms with Crippen molar-refractivity contribution in [3.63, 3.8) is 0 Å². The van der Waals surface area contributed by atoms with E-state index in [0.29, 0.717) is 37.5 Å². The summed E-state index contributed by atoms with van der Waals surface area (Å²) in [5.74, 6) is -0.977. The molecule has 0 aliphatic carbocycles. The highest BCUT2D eigenvalue weighted by Gasteiger charge is 2.22. The summed E-state index contributed by atoms with van der Waals surface area (Å²) in [6, 6.07) is 11.3. The van der Waals surface area contributed by atoms with Crippen LogP contribution in [0.5, 0.6) is 5.75 Å². The molecule has 0 fully saturated rings. The molecule has 8 nitrogen and oxygen atoms in total. The minimum Gasteiger partial charge on any atom is -0.481 e. The SMILES string of the molecule is CCOC(=O)c1c(NC(=O)c2ccc(O[C@H](C)C(=O)N/N=C\c3c(Cl)cccc3Cl)cc2)sc(C)c1C. The van der Waals surface area contributed by atoms with Gasteiger partial charge in [0.15, 0.2) is 6.10 Å². The summed E-state index contributed by atoms with van der Waals surface area (Å²) in [6.45, 7) is 7.21. The van der Waals surface area contributed by atoms with Crippen LogP contribution in [0, 0.1) is 13.8 Å². The molecule has 1 atom stereocenters. The van der Waals surface area contributed by atoms with E-state index in [1.54, 1.807) is 56.3 Å². The number of carbonyl (C=O) groups is 3. The predicted molar refractivity (Wildman–Crippen MR) is 146 cm³/mol. The van der Waals surface area contributed by atoms with Gasteiger partial charge in [0.1, 0.15) is 10.8 Å². The number of carbonyl (C=O) groups excluding carboxylic acids is 3. The van der Waals surface area contributed by atoms with Crippen LogP contribution in [-0.2, 0) is 9.53 Å². The van der Waals surface area contributed by atoms with Gasteiger partial charge in [0.25, 0.3) is 11.8 Å². The van der Waals surface area contributed by atoms with Crippen molar-refractivity contribution in [3.05, 3.63) is 79.6 Å². The molecule has 2 amide bonds. The number of rotatable bonds is 9. The minimum atomic E-state index is -0.872. The molecule has 11 heteroatoms. The standard InChI is InChI=1S/C26H25Cl2N3O5S/c1-5-35-26(34)22-14(2)16(4)37-25(22)30-24(33)17-9-11-18(12-10-17)36-15(3)23(32)31-29-13-19-20(27)7-6-8-21(19)28/h6-13,15H,5H2,1-4H3,(H,30,33)(H,31,32)/b29-13-/t15-/m1/s1. The molecule has 3 aromatic rings. The Balaban J connectivity index is 1.60. The fourth-order valence-electron chi connectivity index (χ4n) is 3.17. The molecule has 37 heavy (non-hydrogen) atoms. The molecule has 2 aromatic carbocycles. The average molecular weight is 562 g/mol. The monoisotopic (exact) mass is 561 g/mol. The maximum atomic E-state index is 12.8. The van der Waals surface area contributed by atoms with Crippen molar-refractivity contribution < 1.29 is 23.9 Å². The average Bonchev–Trinajstić information content (AvgIpc) is 3.13. The lowest BCUT2D eigenvalue weighted by Crippen LogP contribution is -2.33. The molecule has 0 unspecified atom stereocenters. The Morgan fingerprint density at radius 2 is 1.73 bits per heavy atom. The van der Waals surface area contributed by atoms with E-state index in [9.17, 15) is 14.4 Å². The molecule has 0 aliphatic rings.